The topological polar surface area (TPSA) is 50.7 Å². The molecular weight excluding hydrogens is 242 g/mol. The second-order valence-electron chi connectivity index (χ2n) is 5.56. The second kappa shape index (κ2) is 5.90. The molecule has 106 valence electrons. The number of aliphatic hydroxyl groups excluding tert-OH is 1. The second-order valence-corrected chi connectivity index (χ2v) is 5.56. The Hall–Kier alpha value is -1.10. The van der Waals surface area contributed by atoms with Crippen LogP contribution in [0.4, 0.5) is 0 Å². The van der Waals surface area contributed by atoms with Gasteiger partial charge in [0.15, 0.2) is 0 Å². The van der Waals surface area contributed by atoms with E-state index < -0.39 is 0 Å². The van der Waals surface area contributed by atoms with E-state index in [1.165, 1.54) is 5.56 Å². The van der Waals surface area contributed by atoms with Crippen LogP contribution in [-0.4, -0.2) is 37.6 Å². The number of nitrogens with one attached hydrogen (secondary N) is 1. The summed E-state index contributed by atoms with van der Waals surface area (Å²) >= 11 is 0. The molecule has 2 rings (SSSR count). The monoisotopic (exact) mass is 265 g/mol. The summed E-state index contributed by atoms with van der Waals surface area (Å²) in [5, 5.41) is 12.9. The van der Waals surface area contributed by atoms with Gasteiger partial charge in [-0.2, -0.15) is 0 Å². The molecule has 1 aromatic carbocycles. The molecule has 0 aromatic heterocycles. The Bertz CT molecular complexity index is 431. The maximum absolute atomic E-state index is 9.58. The van der Waals surface area contributed by atoms with Crippen molar-refractivity contribution in [2.45, 2.75) is 31.9 Å². The molecule has 1 atom stereocenters. The maximum atomic E-state index is 9.58. The van der Waals surface area contributed by atoms with E-state index in [9.17, 15) is 5.11 Å². The SMILES string of the molecule is COCCNC(CO)c1cccc2c1OC(C)(C)C2. The van der Waals surface area contributed by atoms with Gasteiger partial charge in [-0.1, -0.05) is 18.2 Å². The van der Waals surface area contributed by atoms with E-state index in [0.29, 0.717) is 13.2 Å². The third-order valence-electron chi connectivity index (χ3n) is 3.38. The molecule has 1 aliphatic rings. The number of fused-ring (bicyclic) bond motifs is 1. The van der Waals surface area contributed by atoms with Crippen molar-refractivity contribution in [3.63, 3.8) is 0 Å². The van der Waals surface area contributed by atoms with E-state index in [4.69, 9.17) is 9.47 Å². The highest BCUT2D eigenvalue weighted by Gasteiger charge is 2.32. The van der Waals surface area contributed by atoms with E-state index in [-0.39, 0.29) is 18.2 Å². The van der Waals surface area contributed by atoms with Gasteiger partial charge in [-0.25, -0.2) is 0 Å². The van der Waals surface area contributed by atoms with Crippen molar-refractivity contribution < 1.29 is 14.6 Å². The van der Waals surface area contributed by atoms with Gasteiger partial charge in [0, 0.05) is 25.6 Å². The fourth-order valence-corrected chi connectivity index (χ4v) is 2.52. The predicted molar refractivity (Wildman–Crippen MR) is 74.6 cm³/mol. The van der Waals surface area contributed by atoms with Crippen molar-refractivity contribution in [3.8, 4) is 5.75 Å². The van der Waals surface area contributed by atoms with E-state index >= 15 is 0 Å². The smallest absolute Gasteiger partial charge is 0.128 e. The van der Waals surface area contributed by atoms with Gasteiger partial charge in [-0.15, -0.1) is 0 Å². The molecule has 1 aliphatic heterocycles. The molecule has 4 heteroatoms. The minimum Gasteiger partial charge on any atom is -0.487 e. The summed E-state index contributed by atoms with van der Waals surface area (Å²) in [4.78, 5) is 0. The Morgan fingerprint density at radius 1 is 1.47 bits per heavy atom. The van der Waals surface area contributed by atoms with E-state index in [2.05, 4.69) is 25.2 Å². The van der Waals surface area contributed by atoms with E-state index in [0.717, 1.165) is 17.7 Å². The first-order chi connectivity index (χ1) is 9.07. The van der Waals surface area contributed by atoms with Crippen LogP contribution in [0.15, 0.2) is 18.2 Å². The number of methoxy groups -OCH3 is 1. The number of para-hydroxylation sites is 1. The van der Waals surface area contributed by atoms with Crippen LogP contribution in [0.2, 0.25) is 0 Å². The van der Waals surface area contributed by atoms with Crippen LogP contribution in [-0.2, 0) is 11.2 Å². The summed E-state index contributed by atoms with van der Waals surface area (Å²) in [6.45, 7) is 5.54. The number of benzene rings is 1. The van der Waals surface area contributed by atoms with Crippen molar-refractivity contribution in [1.82, 2.24) is 5.32 Å². The zero-order valence-corrected chi connectivity index (χ0v) is 11.9. The van der Waals surface area contributed by atoms with Crippen molar-refractivity contribution >= 4 is 0 Å². The Morgan fingerprint density at radius 3 is 2.95 bits per heavy atom. The van der Waals surface area contributed by atoms with Crippen LogP contribution >= 0.6 is 0 Å². The highest BCUT2D eigenvalue weighted by atomic mass is 16.5. The summed E-state index contributed by atoms with van der Waals surface area (Å²) < 4.78 is 11.1. The highest BCUT2D eigenvalue weighted by Crippen LogP contribution is 2.39. The van der Waals surface area contributed by atoms with Gasteiger partial charge in [-0.05, 0) is 19.4 Å². The Kier molecular flexibility index (Phi) is 4.45. The quantitative estimate of drug-likeness (QED) is 0.768. The van der Waals surface area contributed by atoms with Gasteiger partial charge in [0.1, 0.15) is 11.4 Å². The van der Waals surface area contributed by atoms with Crippen molar-refractivity contribution in [3.05, 3.63) is 29.3 Å². The standard InChI is InChI=1S/C15H23NO3/c1-15(2)9-11-5-4-6-12(14(11)19-15)13(10-17)16-7-8-18-3/h4-6,13,16-17H,7-10H2,1-3H3. The van der Waals surface area contributed by atoms with Crippen molar-refractivity contribution in [2.24, 2.45) is 0 Å². The molecule has 0 spiro atoms. The molecule has 0 amide bonds. The lowest BCUT2D eigenvalue weighted by Gasteiger charge is -2.22. The largest absolute Gasteiger partial charge is 0.487 e. The fourth-order valence-electron chi connectivity index (χ4n) is 2.52. The van der Waals surface area contributed by atoms with Crippen LogP contribution in [0, 0.1) is 0 Å². The third-order valence-corrected chi connectivity index (χ3v) is 3.38. The molecule has 0 bridgehead atoms. The lowest BCUT2D eigenvalue weighted by atomic mass is 9.98. The molecule has 4 nitrogen and oxygen atoms in total. The highest BCUT2D eigenvalue weighted by molar-refractivity contribution is 5.47. The van der Waals surface area contributed by atoms with Crippen LogP contribution in [0.3, 0.4) is 0 Å². The molecule has 0 radical (unpaired) electrons. The molecule has 2 N–H and O–H groups in total. The maximum Gasteiger partial charge on any atom is 0.128 e. The van der Waals surface area contributed by atoms with Crippen LogP contribution in [0.1, 0.15) is 31.0 Å². The van der Waals surface area contributed by atoms with Gasteiger partial charge in [0.25, 0.3) is 0 Å². The molecule has 0 saturated carbocycles. The van der Waals surface area contributed by atoms with E-state index in [1.54, 1.807) is 7.11 Å². The third kappa shape index (κ3) is 3.26. The zero-order chi connectivity index (χ0) is 13.9. The molecule has 0 saturated heterocycles. The predicted octanol–water partition coefficient (Wildman–Crippen LogP) is 1.67. The van der Waals surface area contributed by atoms with Crippen LogP contribution in [0.5, 0.6) is 5.75 Å². The zero-order valence-electron chi connectivity index (χ0n) is 11.9. The van der Waals surface area contributed by atoms with Gasteiger partial charge < -0.3 is 19.9 Å². The summed E-state index contributed by atoms with van der Waals surface area (Å²) in [5.41, 5.74) is 2.08. The minimum absolute atomic E-state index is 0.0456. The summed E-state index contributed by atoms with van der Waals surface area (Å²) in [6.07, 6.45) is 0.909. The molecule has 1 unspecified atom stereocenters. The molecule has 1 heterocycles. The van der Waals surface area contributed by atoms with Crippen molar-refractivity contribution in [1.29, 1.82) is 0 Å². The van der Waals surface area contributed by atoms with Gasteiger partial charge >= 0.3 is 0 Å². The average molecular weight is 265 g/mol. The first-order valence-corrected chi connectivity index (χ1v) is 6.71. The molecule has 19 heavy (non-hydrogen) atoms. The average Bonchev–Trinajstić information content (AvgIpc) is 2.69. The molecule has 0 aliphatic carbocycles. The fraction of sp³-hybridized carbons (Fsp3) is 0.600. The molecular formula is C15H23NO3. The van der Waals surface area contributed by atoms with Crippen LogP contribution < -0.4 is 10.1 Å². The summed E-state index contributed by atoms with van der Waals surface area (Å²) in [7, 11) is 1.67. The number of rotatable bonds is 6. The lowest BCUT2D eigenvalue weighted by molar-refractivity contribution is 0.134. The number of ether oxygens (including phenoxy) is 2. The number of hydrogen-bond donors (Lipinski definition) is 2. The van der Waals surface area contributed by atoms with E-state index in [1.807, 2.05) is 12.1 Å². The summed E-state index contributed by atoms with van der Waals surface area (Å²) in [6, 6.07) is 6.02. The number of aliphatic hydroxyl groups is 1. The molecule has 0 fully saturated rings. The Labute approximate surface area is 114 Å². The van der Waals surface area contributed by atoms with Crippen molar-refractivity contribution in [2.75, 3.05) is 26.9 Å². The van der Waals surface area contributed by atoms with Gasteiger partial charge in [0.2, 0.25) is 0 Å². The van der Waals surface area contributed by atoms with Gasteiger partial charge in [0.05, 0.1) is 19.3 Å². The first-order valence-electron chi connectivity index (χ1n) is 6.71. The normalized spacial score (nSPS) is 17.9. The lowest BCUT2D eigenvalue weighted by Crippen LogP contribution is -2.29. The first kappa shape index (κ1) is 14.3. The Balaban J connectivity index is 2.18. The summed E-state index contributed by atoms with van der Waals surface area (Å²) in [5.74, 6) is 0.927. The Morgan fingerprint density at radius 2 is 2.26 bits per heavy atom. The number of hydrogen-bond acceptors (Lipinski definition) is 4. The van der Waals surface area contributed by atoms with Crippen LogP contribution in [0.25, 0.3) is 0 Å². The molecule has 1 aromatic rings. The minimum atomic E-state index is -0.162. The van der Waals surface area contributed by atoms with Gasteiger partial charge in [-0.3, -0.25) is 0 Å².